The Hall–Kier alpha value is -2.08. The fourth-order valence-electron chi connectivity index (χ4n) is 2.36. The lowest BCUT2D eigenvalue weighted by Crippen LogP contribution is -2.31. The highest BCUT2D eigenvalue weighted by Gasteiger charge is 2.35. The predicted molar refractivity (Wildman–Crippen MR) is 72.1 cm³/mol. The van der Waals surface area contributed by atoms with E-state index < -0.39 is 17.9 Å². The molecule has 2 aromatic rings. The summed E-state index contributed by atoms with van der Waals surface area (Å²) in [6, 6.07) is 1.87. The number of fused-ring (bicyclic) bond motifs is 1. The van der Waals surface area contributed by atoms with Crippen molar-refractivity contribution in [3.63, 3.8) is 0 Å². The van der Waals surface area contributed by atoms with Crippen molar-refractivity contribution < 1.29 is 14.0 Å². The van der Waals surface area contributed by atoms with Crippen LogP contribution >= 0.6 is 11.6 Å². The number of urea groups is 1. The molecule has 104 valence electrons. The topological polar surface area (TPSA) is 65.2 Å². The number of nitrogens with zero attached hydrogens (tertiary/aromatic N) is 1. The number of aromatic amines is 1. The van der Waals surface area contributed by atoms with E-state index >= 15 is 0 Å². The van der Waals surface area contributed by atoms with Crippen LogP contribution in [-0.2, 0) is 11.2 Å². The zero-order valence-corrected chi connectivity index (χ0v) is 11.3. The molecule has 1 unspecified atom stereocenters. The summed E-state index contributed by atoms with van der Waals surface area (Å²) in [5.74, 6) is -0.782. The molecule has 1 aliphatic rings. The monoisotopic (exact) mass is 295 g/mol. The van der Waals surface area contributed by atoms with E-state index in [1.807, 2.05) is 0 Å². The SMILES string of the molecule is CN1C(=O)NC(Cc2c[nH]c3c(Cl)c(F)ccc23)C1=O. The van der Waals surface area contributed by atoms with Crippen molar-refractivity contribution in [2.24, 2.45) is 0 Å². The van der Waals surface area contributed by atoms with E-state index in [1.54, 1.807) is 12.3 Å². The first-order valence-electron chi connectivity index (χ1n) is 6.01. The van der Waals surface area contributed by atoms with Crippen LogP contribution in [0.4, 0.5) is 9.18 Å². The zero-order chi connectivity index (χ0) is 14.4. The van der Waals surface area contributed by atoms with Crippen LogP contribution in [0.2, 0.25) is 5.02 Å². The van der Waals surface area contributed by atoms with Gasteiger partial charge in [0.15, 0.2) is 0 Å². The number of imide groups is 1. The minimum absolute atomic E-state index is 0.0210. The minimum Gasteiger partial charge on any atom is -0.360 e. The van der Waals surface area contributed by atoms with E-state index in [2.05, 4.69) is 10.3 Å². The normalized spacial score (nSPS) is 18.9. The van der Waals surface area contributed by atoms with Gasteiger partial charge in [-0.1, -0.05) is 11.6 Å². The summed E-state index contributed by atoms with van der Waals surface area (Å²) in [5.41, 5.74) is 1.29. The molecule has 0 bridgehead atoms. The molecule has 1 aliphatic heterocycles. The van der Waals surface area contributed by atoms with Crippen LogP contribution in [0.15, 0.2) is 18.3 Å². The highest BCUT2D eigenvalue weighted by atomic mass is 35.5. The number of halogens is 2. The number of carbonyl (C=O) groups excluding carboxylic acids is 2. The first-order valence-corrected chi connectivity index (χ1v) is 6.39. The fourth-order valence-corrected chi connectivity index (χ4v) is 2.58. The van der Waals surface area contributed by atoms with E-state index in [4.69, 9.17) is 11.6 Å². The molecule has 0 saturated carbocycles. The molecule has 1 aromatic carbocycles. The number of hydrogen-bond acceptors (Lipinski definition) is 2. The van der Waals surface area contributed by atoms with Crippen molar-refractivity contribution in [2.45, 2.75) is 12.5 Å². The molecular weight excluding hydrogens is 285 g/mol. The summed E-state index contributed by atoms with van der Waals surface area (Å²) >= 11 is 5.88. The summed E-state index contributed by atoms with van der Waals surface area (Å²) in [7, 11) is 1.43. The average molecular weight is 296 g/mol. The van der Waals surface area contributed by atoms with Crippen molar-refractivity contribution in [1.29, 1.82) is 0 Å². The molecule has 2 N–H and O–H groups in total. The molecule has 3 rings (SSSR count). The summed E-state index contributed by atoms with van der Waals surface area (Å²) in [4.78, 5) is 27.2. The number of rotatable bonds is 2. The van der Waals surface area contributed by atoms with E-state index in [0.717, 1.165) is 15.8 Å². The standard InChI is InChI=1S/C13H11ClFN3O2/c1-18-12(19)9(17-13(18)20)4-6-5-16-11-7(6)2-3-8(15)10(11)14/h2-3,5,9,16H,4H2,1H3,(H,17,20). The molecule has 3 amide bonds. The van der Waals surface area contributed by atoms with Gasteiger partial charge < -0.3 is 10.3 Å². The number of nitrogens with one attached hydrogen (secondary N) is 2. The Kier molecular flexibility index (Phi) is 2.90. The van der Waals surface area contributed by atoms with Crippen LogP contribution in [0.1, 0.15) is 5.56 Å². The van der Waals surface area contributed by atoms with Crippen molar-refractivity contribution in [3.8, 4) is 0 Å². The first-order chi connectivity index (χ1) is 9.49. The van der Waals surface area contributed by atoms with Crippen molar-refractivity contribution in [3.05, 3.63) is 34.7 Å². The molecule has 0 radical (unpaired) electrons. The van der Waals surface area contributed by atoms with Crippen molar-refractivity contribution in [1.82, 2.24) is 15.2 Å². The Morgan fingerprint density at radius 3 is 2.80 bits per heavy atom. The number of aromatic nitrogens is 1. The molecule has 20 heavy (non-hydrogen) atoms. The number of amides is 3. The average Bonchev–Trinajstić information content (AvgIpc) is 2.93. The molecule has 7 heteroatoms. The predicted octanol–water partition coefficient (Wildman–Crippen LogP) is 2.05. The number of hydrogen-bond donors (Lipinski definition) is 2. The van der Waals surface area contributed by atoms with Gasteiger partial charge in [0.25, 0.3) is 5.91 Å². The highest BCUT2D eigenvalue weighted by molar-refractivity contribution is 6.35. The summed E-state index contributed by atoms with van der Waals surface area (Å²) in [5, 5.41) is 3.36. The van der Waals surface area contributed by atoms with Crippen LogP contribution in [0.3, 0.4) is 0 Å². The lowest BCUT2D eigenvalue weighted by molar-refractivity contribution is -0.126. The number of benzene rings is 1. The lowest BCUT2D eigenvalue weighted by atomic mass is 10.1. The Morgan fingerprint density at radius 2 is 2.15 bits per heavy atom. The minimum atomic E-state index is -0.602. The summed E-state index contributed by atoms with van der Waals surface area (Å²) in [6.07, 6.45) is 2.00. The maximum absolute atomic E-state index is 13.4. The molecule has 1 saturated heterocycles. The zero-order valence-electron chi connectivity index (χ0n) is 10.5. The van der Waals surface area contributed by atoms with Gasteiger partial charge in [0, 0.05) is 25.1 Å². The lowest BCUT2D eigenvalue weighted by Gasteiger charge is -2.07. The maximum atomic E-state index is 13.4. The van der Waals surface area contributed by atoms with Crippen LogP contribution < -0.4 is 5.32 Å². The van der Waals surface area contributed by atoms with Crippen LogP contribution in [-0.4, -0.2) is 34.9 Å². The third kappa shape index (κ3) is 1.84. The van der Waals surface area contributed by atoms with Gasteiger partial charge in [0.2, 0.25) is 0 Å². The van der Waals surface area contributed by atoms with Gasteiger partial charge in [-0.3, -0.25) is 9.69 Å². The van der Waals surface area contributed by atoms with Gasteiger partial charge in [-0.15, -0.1) is 0 Å². The molecule has 5 nitrogen and oxygen atoms in total. The molecule has 0 aliphatic carbocycles. The van der Waals surface area contributed by atoms with Gasteiger partial charge in [-0.25, -0.2) is 9.18 Å². The fraction of sp³-hybridized carbons (Fsp3) is 0.231. The molecule has 1 aromatic heterocycles. The maximum Gasteiger partial charge on any atom is 0.324 e. The molecule has 1 atom stereocenters. The van der Waals surface area contributed by atoms with E-state index in [1.165, 1.54) is 13.1 Å². The summed E-state index contributed by atoms with van der Waals surface area (Å²) in [6.45, 7) is 0. The Labute approximate surface area is 118 Å². The van der Waals surface area contributed by atoms with Gasteiger partial charge in [-0.2, -0.15) is 0 Å². The number of carbonyl (C=O) groups is 2. The third-order valence-electron chi connectivity index (χ3n) is 3.49. The van der Waals surface area contributed by atoms with E-state index in [0.29, 0.717) is 11.9 Å². The Bertz CT molecular complexity index is 728. The smallest absolute Gasteiger partial charge is 0.324 e. The van der Waals surface area contributed by atoms with Crippen LogP contribution in [0.25, 0.3) is 10.9 Å². The highest BCUT2D eigenvalue weighted by Crippen LogP contribution is 2.28. The molecule has 2 heterocycles. The number of H-pyrrole nitrogens is 1. The largest absolute Gasteiger partial charge is 0.360 e. The van der Waals surface area contributed by atoms with Crippen LogP contribution in [0.5, 0.6) is 0 Å². The van der Waals surface area contributed by atoms with Gasteiger partial charge in [-0.05, 0) is 17.7 Å². The Balaban J connectivity index is 1.95. The number of likely N-dealkylation sites (N-methyl/N-ethyl adjacent to an activating group) is 1. The van der Waals surface area contributed by atoms with Gasteiger partial charge >= 0.3 is 6.03 Å². The van der Waals surface area contributed by atoms with Crippen molar-refractivity contribution >= 4 is 34.4 Å². The third-order valence-corrected chi connectivity index (χ3v) is 3.86. The van der Waals surface area contributed by atoms with E-state index in [9.17, 15) is 14.0 Å². The second kappa shape index (κ2) is 4.49. The van der Waals surface area contributed by atoms with E-state index in [-0.39, 0.29) is 10.9 Å². The van der Waals surface area contributed by atoms with Gasteiger partial charge in [0.05, 0.1) is 5.52 Å². The first kappa shape index (κ1) is 12.9. The Morgan fingerprint density at radius 1 is 1.40 bits per heavy atom. The molecule has 1 fully saturated rings. The summed E-state index contributed by atoms with van der Waals surface area (Å²) < 4.78 is 13.4. The second-order valence-electron chi connectivity index (χ2n) is 4.70. The van der Waals surface area contributed by atoms with Gasteiger partial charge in [0.1, 0.15) is 16.9 Å². The van der Waals surface area contributed by atoms with Crippen molar-refractivity contribution in [2.75, 3.05) is 7.05 Å². The second-order valence-corrected chi connectivity index (χ2v) is 5.08. The molecule has 0 spiro atoms. The van der Waals surface area contributed by atoms with Crippen LogP contribution in [0, 0.1) is 5.82 Å². The molecular formula is C13H11ClFN3O2. The quantitative estimate of drug-likeness (QED) is 0.833.